The second-order valence-electron chi connectivity index (χ2n) is 4.20. The van der Waals surface area contributed by atoms with Crippen LogP contribution in [0.4, 0.5) is 0 Å². The van der Waals surface area contributed by atoms with Crippen LogP contribution in [0.15, 0.2) is 4.52 Å². The number of aromatic nitrogens is 2. The highest BCUT2D eigenvalue weighted by molar-refractivity contribution is 5.75. The van der Waals surface area contributed by atoms with E-state index in [0.29, 0.717) is 31.8 Å². The maximum Gasteiger partial charge on any atom is 0.226 e. The zero-order valence-electron chi connectivity index (χ0n) is 10.9. The molecule has 1 aromatic rings. The number of rotatable bonds is 9. The van der Waals surface area contributed by atoms with Crippen molar-refractivity contribution in [3.05, 3.63) is 11.7 Å². The van der Waals surface area contributed by atoms with Crippen molar-refractivity contribution in [3.63, 3.8) is 0 Å². The van der Waals surface area contributed by atoms with Crippen molar-refractivity contribution in [2.45, 2.75) is 45.4 Å². The van der Waals surface area contributed by atoms with Crippen molar-refractivity contribution >= 4 is 5.91 Å². The van der Waals surface area contributed by atoms with Gasteiger partial charge in [0.05, 0.1) is 0 Å². The van der Waals surface area contributed by atoms with Crippen molar-refractivity contribution in [2.24, 2.45) is 5.73 Å². The minimum absolute atomic E-state index is 0.0525. The van der Waals surface area contributed by atoms with Gasteiger partial charge in [-0.25, -0.2) is 0 Å². The molecule has 0 aromatic carbocycles. The lowest BCUT2D eigenvalue weighted by Gasteiger charge is -2.02. The van der Waals surface area contributed by atoms with Crippen LogP contribution in [0.3, 0.4) is 0 Å². The van der Waals surface area contributed by atoms with Gasteiger partial charge in [0.2, 0.25) is 11.8 Å². The number of carbonyl (C=O) groups is 1. The summed E-state index contributed by atoms with van der Waals surface area (Å²) in [6.45, 7) is 3.32. The third-order valence-corrected chi connectivity index (χ3v) is 2.48. The maximum atomic E-state index is 11.4. The number of carbonyl (C=O) groups excluding carboxylic acids is 1. The normalized spacial score (nSPS) is 10.6. The highest BCUT2D eigenvalue weighted by Gasteiger charge is 2.06. The van der Waals surface area contributed by atoms with Crippen LogP contribution in [0, 0.1) is 0 Å². The summed E-state index contributed by atoms with van der Waals surface area (Å²) in [7, 11) is 0. The number of hydrogen-bond acceptors (Lipinski definition) is 5. The van der Waals surface area contributed by atoms with Gasteiger partial charge in [-0.3, -0.25) is 4.79 Å². The Morgan fingerprint density at radius 1 is 1.39 bits per heavy atom. The second kappa shape index (κ2) is 8.63. The molecule has 0 aliphatic rings. The van der Waals surface area contributed by atoms with Crippen LogP contribution in [0.1, 0.15) is 44.3 Å². The molecule has 3 N–H and O–H groups in total. The molecule has 0 radical (unpaired) electrons. The minimum Gasteiger partial charge on any atom is -0.356 e. The molecular formula is C12H22N4O2. The van der Waals surface area contributed by atoms with Crippen molar-refractivity contribution in [1.82, 2.24) is 15.5 Å². The Labute approximate surface area is 107 Å². The molecule has 6 heteroatoms. The number of aryl methyl sites for hydroxylation is 2. The molecule has 0 fully saturated rings. The molecule has 0 bridgehead atoms. The smallest absolute Gasteiger partial charge is 0.226 e. The molecule has 0 atom stereocenters. The fraction of sp³-hybridized carbons (Fsp3) is 0.750. The number of nitrogens with one attached hydrogen (secondary N) is 1. The molecule has 1 heterocycles. The summed E-state index contributed by atoms with van der Waals surface area (Å²) >= 11 is 0. The Hall–Kier alpha value is -1.43. The van der Waals surface area contributed by atoms with E-state index in [0.717, 1.165) is 31.5 Å². The quantitative estimate of drug-likeness (QED) is 0.636. The Kier molecular flexibility index (Phi) is 7.01. The molecule has 0 saturated carbocycles. The van der Waals surface area contributed by atoms with E-state index in [9.17, 15) is 4.79 Å². The first kappa shape index (κ1) is 14.6. The van der Waals surface area contributed by atoms with Gasteiger partial charge in [0.25, 0.3) is 0 Å². The van der Waals surface area contributed by atoms with E-state index >= 15 is 0 Å². The first-order valence-electron chi connectivity index (χ1n) is 6.54. The van der Waals surface area contributed by atoms with Crippen LogP contribution in [-0.2, 0) is 17.6 Å². The SMILES string of the molecule is CCCc1noc(CCCC(=O)NCCCN)n1. The molecule has 18 heavy (non-hydrogen) atoms. The summed E-state index contributed by atoms with van der Waals surface area (Å²) in [6, 6.07) is 0. The summed E-state index contributed by atoms with van der Waals surface area (Å²) < 4.78 is 5.09. The fourth-order valence-electron chi connectivity index (χ4n) is 1.54. The van der Waals surface area contributed by atoms with E-state index in [-0.39, 0.29) is 5.91 Å². The standard InChI is InChI=1S/C12H22N4O2/c1-2-5-10-15-12(18-16-10)7-3-6-11(17)14-9-4-8-13/h2-9,13H2,1H3,(H,14,17). The maximum absolute atomic E-state index is 11.4. The predicted molar refractivity (Wildman–Crippen MR) is 67.9 cm³/mol. The highest BCUT2D eigenvalue weighted by atomic mass is 16.5. The van der Waals surface area contributed by atoms with Gasteiger partial charge in [0, 0.05) is 25.8 Å². The van der Waals surface area contributed by atoms with E-state index in [1.807, 2.05) is 0 Å². The van der Waals surface area contributed by atoms with Crippen molar-refractivity contribution < 1.29 is 9.32 Å². The third kappa shape index (κ3) is 5.77. The average molecular weight is 254 g/mol. The molecule has 1 rings (SSSR count). The largest absolute Gasteiger partial charge is 0.356 e. The molecular weight excluding hydrogens is 232 g/mol. The summed E-state index contributed by atoms with van der Waals surface area (Å²) in [6.07, 6.45) is 4.51. The van der Waals surface area contributed by atoms with Crippen LogP contribution in [0.25, 0.3) is 0 Å². The Morgan fingerprint density at radius 2 is 2.22 bits per heavy atom. The molecule has 6 nitrogen and oxygen atoms in total. The first-order valence-corrected chi connectivity index (χ1v) is 6.54. The second-order valence-corrected chi connectivity index (χ2v) is 4.20. The fourth-order valence-corrected chi connectivity index (χ4v) is 1.54. The highest BCUT2D eigenvalue weighted by Crippen LogP contribution is 2.04. The Bertz CT molecular complexity index is 352. The zero-order valence-corrected chi connectivity index (χ0v) is 10.9. The Morgan fingerprint density at radius 3 is 2.94 bits per heavy atom. The van der Waals surface area contributed by atoms with Crippen LogP contribution in [0.2, 0.25) is 0 Å². The zero-order chi connectivity index (χ0) is 13.2. The monoisotopic (exact) mass is 254 g/mol. The molecule has 1 aromatic heterocycles. The van der Waals surface area contributed by atoms with Gasteiger partial charge < -0.3 is 15.6 Å². The lowest BCUT2D eigenvalue weighted by atomic mass is 10.2. The van der Waals surface area contributed by atoms with E-state index in [1.54, 1.807) is 0 Å². The minimum atomic E-state index is 0.0525. The average Bonchev–Trinajstić information content (AvgIpc) is 2.78. The molecule has 0 saturated heterocycles. The summed E-state index contributed by atoms with van der Waals surface area (Å²) in [4.78, 5) is 15.6. The van der Waals surface area contributed by atoms with Gasteiger partial charge in [-0.15, -0.1) is 0 Å². The van der Waals surface area contributed by atoms with Crippen LogP contribution in [0.5, 0.6) is 0 Å². The van der Waals surface area contributed by atoms with Gasteiger partial charge in [0.15, 0.2) is 5.82 Å². The first-order chi connectivity index (χ1) is 8.76. The lowest BCUT2D eigenvalue weighted by Crippen LogP contribution is -2.25. The number of amides is 1. The number of nitrogens with two attached hydrogens (primary N) is 1. The molecule has 0 spiro atoms. The molecule has 0 aliphatic carbocycles. The number of hydrogen-bond donors (Lipinski definition) is 2. The summed E-state index contributed by atoms with van der Waals surface area (Å²) in [5.41, 5.74) is 5.34. The van der Waals surface area contributed by atoms with Crippen LogP contribution >= 0.6 is 0 Å². The van der Waals surface area contributed by atoms with E-state index in [2.05, 4.69) is 22.4 Å². The van der Waals surface area contributed by atoms with Crippen molar-refractivity contribution in [1.29, 1.82) is 0 Å². The number of nitrogens with zero attached hydrogens (tertiary/aromatic N) is 2. The molecule has 0 aliphatic heterocycles. The predicted octanol–water partition coefficient (Wildman–Crippen LogP) is 0.810. The van der Waals surface area contributed by atoms with E-state index in [1.165, 1.54) is 0 Å². The van der Waals surface area contributed by atoms with E-state index in [4.69, 9.17) is 10.3 Å². The van der Waals surface area contributed by atoms with Crippen molar-refractivity contribution in [2.75, 3.05) is 13.1 Å². The third-order valence-electron chi connectivity index (χ3n) is 2.48. The molecule has 102 valence electrons. The van der Waals surface area contributed by atoms with Gasteiger partial charge in [-0.2, -0.15) is 4.98 Å². The topological polar surface area (TPSA) is 94.0 Å². The van der Waals surface area contributed by atoms with Gasteiger partial charge in [-0.1, -0.05) is 12.1 Å². The van der Waals surface area contributed by atoms with Gasteiger partial charge in [0.1, 0.15) is 0 Å². The Balaban J connectivity index is 2.14. The van der Waals surface area contributed by atoms with Gasteiger partial charge >= 0.3 is 0 Å². The summed E-state index contributed by atoms with van der Waals surface area (Å²) in [5, 5.41) is 6.67. The molecule has 1 amide bonds. The van der Waals surface area contributed by atoms with E-state index < -0.39 is 0 Å². The van der Waals surface area contributed by atoms with Crippen LogP contribution in [-0.4, -0.2) is 29.1 Å². The summed E-state index contributed by atoms with van der Waals surface area (Å²) in [5.74, 6) is 1.42. The lowest BCUT2D eigenvalue weighted by molar-refractivity contribution is -0.121. The van der Waals surface area contributed by atoms with Gasteiger partial charge in [-0.05, 0) is 25.8 Å². The van der Waals surface area contributed by atoms with Crippen molar-refractivity contribution in [3.8, 4) is 0 Å². The van der Waals surface area contributed by atoms with Crippen LogP contribution < -0.4 is 11.1 Å². The molecule has 0 unspecified atom stereocenters.